The predicted molar refractivity (Wildman–Crippen MR) is 107 cm³/mol. The molecule has 2 aliphatic rings. The number of alkyl halides is 3. The van der Waals surface area contributed by atoms with E-state index in [4.69, 9.17) is 4.42 Å². The summed E-state index contributed by atoms with van der Waals surface area (Å²) in [5, 5.41) is 5.84. The Balaban J connectivity index is 1.37. The number of anilines is 2. The summed E-state index contributed by atoms with van der Waals surface area (Å²) in [5.74, 6) is -1.95. The number of hydrogen-bond acceptors (Lipinski definition) is 6. The summed E-state index contributed by atoms with van der Waals surface area (Å²) in [5.41, 5.74) is -0.209. The first-order valence-electron chi connectivity index (χ1n) is 9.79. The molecule has 0 spiro atoms. The van der Waals surface area contributed by atoms with Crippen molar-refractivity contribution in [2.24, 2.45) is 0 Å². The highest BCUT2D eigenvalue weighted by Gasteiger charge is 2.42. The van der Waals surface area contributed by atoms with Crippen LogP contribution in [0.1, 0.15) is 22.7 Å². The van der Waals surface area contributed by atoms with Gasteiger partial charge in [-0.1, -0.05) is 18.2 Å². The Hall–Kier alpha value is -3.40. The third-order valence-electron chi connectivity index (χ3n) is 5.48. The van der Waals surface area contributed by atoms with E-state index in [9.17, 15) is 18.0 Å². The van der Waals surface area contributed by atoms with Gasteiger partial charge in [0.25, 0.3) is 5.91 Å². The predicted octanol–water partition coefficient (Wildman–Crippen LogP) is 3.56. The van der Waals surface area contributed by atoms with Gasteiger partial charge in [-0.25, -0.2) is 9.97 Å². The highest BCUT2D eigenvalue weighted by molar-refractivity contribution is 6.04. The number of nitrogens with one attached hydrogen (secondary N) is 2. The van der Waals surface area contributed by atoms with Crippen molar-refractivity contribution in [3.63, 3.8) is 0 Å². The first kappa shape index (κ1) is 19.6. The standard InChI is InChI=1S/C21H18F3N5O2/c22-21(23,24)18-17(28-20(31-18)12-4-2-1-3-5-12)19(30)27-13-6-7-16(26-9-13)29-11-14-8-15(29)10-25-14/h1-7,9,14-15,25H,8,10-11H2,(H,27,30). The van der Waals surface area contributed by atoms with Crippen LogP contribution in [0.25, 0.3) is 11.5 Å². The Morgan fingerprint density at radius 3 is 2.61 bits per heavy atom. The summed E-state index contributed by atoms with van der Waals surface area (Å²) in [6, 6.07) is 12.3. The van der Waals surface area contributed by atoms with Crippen LogP contribution in [0.15, 0.2) is 53.1 Å². The van der Waals surface area contributed by atoms with E-state index in [0.29, 0.717) is 17.6 Å². The van der Waals surface area contributed by atoms with Gasteiger partial charge in [0.1, 0.15) is 5.82 Å². The number of carbonyl (C=O) groups excluding carboxylic acids is 1. The number of hydrogen-bond donors (Lipinski definition) is 2. The molecule has 7 nitrogen and oxygen atoms in total. The highest BCUT2D eigenvalue weighted by Crippen LogP contribution is 2.35. The Morgan fingerprint density at radius 1 is 1.19 bits per heavy atom. The number of halogens is 3. The quantitative estimate of drug-likeness (QED) is 0.660. The van der Waals surface area contributed by atoms with Crippen molar-refractivity contribution in [1.29, 1.82) is 0 Å². The molecular formula is C21H18F3N5O2. The number of amides is 1. The van der Waals surface area contributed by atoms with Crippen LogP contribution in [0, 0.1) is 0 Å². The normalized spacial score (nSPS) is 20.3. The number of benzene rings is 1. The molecular weight excluding hydrogens is 411 g/mol. The third-order valence-corrected chi connectivity index (χ3v) is 5.48. The summed E-state index contributed by atoms with van der Waals surface area (Å²) in [6.45, 7) is 1.76. The lowest BCUT2D eigenvalue weighted by Gasteiger charge is -2.28. The van der Waals surface area contributed by atoms with Crippen LogP contribution in [0.3, 0.4) is 0 Å². The van der Waals surface area contributed by atoms with Gasteiger partial charge in [0.2, 0.25) is 11.7 Å². The molecule has 2 bridgehead atoms. The zero-order valence-corrected chi connectivity index (χ0v) is 16.2. The van der Waals surface area contributed by atoms with Crippen LogP contribution < -0.4 is 15.5 Å². The Morgan fingerprint density at radius 2 is 2.00 bits per heavy atom. The van der Waals surface area contributed by atoms with Gasteiger partial charge < -0.3 is 20.0 Å². The van der Waals surface area contributed by atoms with Crippen LogP contribution in [-0.2, 0) is 6.18 Å². The number of piperazine rings is 1. The molecule has 1 aromatic carbocycles. The van der Waals surface area contributed by atoms with Gasteiger partial charge in [-0.3, -0.25) is 4.79 Å². The minimum Gasteiger partial charge on any atom is -0.431 e. The van der Waals surface area contributed by atoms with Crippen molar-refractivity contribution in [2.75, 3.05) is 23.3 Å². The van der Waals surface area contributed by atoms with Crippen LogP contribution in [0.2, 0.25) is 0 Å². The molecule has 2 aliphatic heterocycles. The van der Waals surface area contributed by atoms with E-state index in [0.717, 1.165) is 25.3 Å². The number of aromatic nitrogens is 2. The van der Waals surface area contributed by atoms with Crippen LogP contribution in [0.5, 0.6) is 0 Å². The maximum Gasteiger partial charge on any atom is 0.452 e. The largest absolute Gasteiger partial charge is 0.452 e. The first-order chi connectivity index (χ1) is 14.9. The van der Waals surface area contributed by atoms with Crippen LogP contribution >= 0.6 is 0 Å². The van der Waals surface area contributed by atoms with E-state index in [1.807, 2.05) is 0 Å². The Bertz CT molecular complexity index is 1100. The molecule has 2 aromatic heterocycles. The monoisotopic (exact) mass is 429 g/mol. The van der Waals surface area contributed by atoms with Gasteiger partial charge in [-0.2, -0.15) is 13.2 Å². The summed E-state index contributed by atoms with van der Waals surface area (Å²) < 4.78 is 45.2. The topological polar surface area (TPSA) is 83.3 Å². The molecule has 1 amide bonds. The van der Waals surface area contributed by atoms with E-state index >= 15 is 0 Å². The molecule has 3 aromatic rings. The lowest BCUT2D eigenvalue weighted by Crippen LogP contribution is -2.43. The summed E-state index contributed by atoms with van der Waals surface area (Å²) in [4.78, 5) is 23.0. The molecule has 2 atom stereocenters. The lowest BCUT2D eigenvalue weighted by atomic mass is 10.2. The zero-order valence-electron chi connectivity index (χ0n) is 16.2. The fourth-order valence-corrected chi connectivity index (χ4v) is 4.03. The number of carbonyl (C=O) groups is 1. The first-order valence-corrected chi connectivity index (χ1v) is 9.79. The Labute approximate surface area is 175 Å². The Kier molecular flexibility index (Phi) is 4.66. The van der Waals surface area contributed by atoms with Crippen molar-refractivity contribution >= 4 is 17.4 Å². The molecule has 2 unspecified atom stereocenters. The van der Waals surface area contributed by atoms with E-state index in [1.54, 1.807) is 42.5 Å². The number of rotatable bonds is 4. The molecule has 10 heteroatoms. The fourth-order valence-electron chi connectivity index (χ4n) is 4.03. The van der Waals surface area contributed by atoms with E-state index in [1.165, 1.54) is 6.20 Å². The summed E-state index contributed by atoms with van der Waals surface area (Å²) in [7, 11) is 0. The van der Waals surface area contributed by atoms with Crippen molar-refractivity contribution < 1.29 is 22.4 Å². The van der Waals surface area contributed by atoms with Crippen LogP contribution in [-0.4, -0.2) is 41.0 Å². The van der Waals surface area contributed by atoms with E-state index < -0.39 is 23.5 Å². The maximum absolute atomic E-state index is 13.4. The molecule has 2 N–H and O–H groups in total. The second-order valence-corrected chi connectivity index (χ2v) is 7.57. The summed E-state index contributed by atoms with van der Waals surface area (Å²) in [6.07, 6.45) is -2.37. The van der Waals surface area contributed by atoms with Gasteiger partial charge in [-0.05, 0) is 30.7 Å². The van der Waals surface area contributed by atoms with Crippen molar-refractivity contribution in [3.8, 4) is 11.5 Å². The van der Waals surface area contributed by atoms with Crippen molar-refractivity contribution in [2.45, 2.75) is 24.7 Å². The number of pyridine rings is 1. The minimum atomic E-state index is -4.86. The number of fused-ring (bicyclic) bond motifs is 2. The fraction of sp³-hybridized carbons (Fsp3) is 0.286. The molecule has 160 valence electrons. The highest BCUT2D eigenvalue weighted by atomic mass is 19.4. The van der Waals surface area contributed by atoms with Gasteiger partial charge >= 0.3 is 6.18 Å². The van der Waals surface area contributed by atoms with E-state index in [2.05, 4.69) is 25.5 Å². The molecule has 5 rings (SSSR count). The molecule has 0 aliphatic carbocycles. The number of oxazole rings is 1. The third kappa shape index (κ3) is 3.74. The van der Waals surface area contributed by atoms with Crippen LogP contribution in [0.4, 0.5) is 24.7 Å². The number of nitrogens with zero attached hydrogens (tertiary/aromatic N) is 3. The maximum atomic E-state index is 13.4. The van der Waals surface area contributed by atoms with Gasteiger partial charge in [-0.15, -0.1) is 0 Å². The van der Waals surface area contributed by atoms with Gasteiger partial charge in [0.15, 0.2) is 5.69 Å². The molecule has 0 radical (unpaired) electrons. The van der Waals surface area contributed by atoms with E-state index in [-0.39, 0.29) is 11.6 Å². The van der Waals surface area contributed by atoms with Gasteiger partial charge in [0.05, 0.1) is 11.9 Å². The molecule has 0 saturated carbocycles. The van der Waals surface area contributed by atoms with Crippen molar-refractivity contribution in [3.05, 3.63) is 60.1 Å². The minimum absolute atomic E-state index is 0.272. The van der Waals surface area contributed by atoms with Crippen molar-refractivity contribution in [1.82, 2.24) is 15.3 Å². The second-order valence-electron chi connectivity index (χ2n) is 7.57. The van der Waals surface area contributed by atoms with Gasteiger partial charge in [0, 0.05) is 30.7 Å². The molecule has 2 saturated heterocycles. The lowest BCUT2D eigenvalue weighted by molar-refractivity contribution is -0.153. The average molecular weight is 429 g/mol. The average Bonchev–Trinajstić information content (AvgIpc) is 3.50. The molecule has 4 heterocycles. The molecule has 2 fully saturated rings. The second kappa shape index (κ2) is 7.38. The zero-order chi connectivity index (χ0) is 21.6. The smallest absolute Gasteiger partial charge is 0.431 e. The summed E-state index contributed by atoms with van der Waals surface area (Å²) >= 11 is 0. The SMILES string of the molecule is O=C(Nc1ccc(N2CC3CC2CN3)nc1)c1nc(-c2ccccc2)oc1C(F)(F)F. The molecule has 31 heavy (non-hydrogen) atoms.